The molecule has 1 aliphatic heterocycles. The zero-order valence-electron chi connectivity index (χ0n) is 35.9. The van der Waals surface area contributed by atoms with Crippen LogP contribution in [-0.4, -0.2) is 51.0 Å². The van der Waals surface area contributed by atoms with E-state index in [0.29, 0.717) is 12.3 Å². The first-order valence-electron chi connectivity index (χ1n) is 23.6. The van der Waals surface area contributed by atoms with Crippen LogP contribution in [0.25, 0.3) is 0 Å². The second kappa shape index (κ2) is 14.6. The summed E-state index contributed by atoms with van der Waals surface area (Å²) >= 11 is 0. The number of ether oxygens (including phenoxy) is 1. The number of carbonyl (C=O) groups is 1. The summed E-state index contributed by atoms with van der Waals surface area (Å²) in [5.41, 5.74) is -1.24. The van der Waals surface area contributed by atoms with Gasteiger partial charge in [-0.3, -0.25) is 4.79 Å². The number of rotatable bonds is 12. The van der Waals surface area contributed by atoms with Crippen LogP contribution in [0.2, 0.25) is 0 Å². The zero-order valence-corrected chi connectivity index (χ0v) is 35.9. The number of hydrogen-bond donors (Lipinski definition) is 4. The molecular formula is C50H78O6. The molecule has 314 valence electrons. The Kier molecular flexibility index (Phi) is 10.8. The van der Waals surface area contributed by atoms with Crippen LogP contribution in [0, 0.1) is 61.6 Å². The van der Waals surface area contributed by atoms with Gasteiger partial charge < -0.3 is 25.2 Å². The van der Waals surface area contributed by atoms with Crippen molar-refractivity contribution >= 4 is 5.97 Å². The predicted octanol–water partition coefficient (Wildman–Crippen LogP) is 10.9. The molecule has 8 rings (SSSR count). The third-order valence-corrected chi connectivity index (χ3v) is 20.3. The van der Waals surface area contributed by atoms with E-state index in [4.69, 9.17) is 4.74 Å². The number of carboxylic acids is 1. The van der Waals surface area contributed by atoms with Crippen molar-refractivity contribution in [2.45, 2.75) is 200 Å². The highest BCUT2D eigenvalue weighted by atomic mass is 16.6. The number of carboxylic acid groups (broad SMARTS) is 1. The largest absolute Gasteiger partial charge is 0.481 e. The van der Waals surface area contributed by atoms with E-state index in [0.717, 1.165) is 83.0 Å². The van der Waals surface area contributed by atoms with Crippen LogP contribution in [0.4, 0.5) is 0 Å². The lowest BCUT2D eigenvalue weighted by Crippen LogP contribution is -2.77. The molecule has 1 spiro atoms. The lowest BCUT2D eigenvalue weighted by Gasteiger charge is -2.78. The lowest BCUT2D eigenvalue weighted by atomic mass is 9.25. The third-order valence-electron chi connectivity index (χ3n) is 20.3. The first kappa shape index (κ1) is 41.3. The van der Waals surface area contributed by atoms with Crippen molar-refractivity contribution in [2.24, 2.45) is 61.6 Å². The lowest BCUT2D eigenvalue weighted by molar-refractivity contribution is -0.339. The SMILES string of the molecule is CCC[C@H]1[C@@]23CC[C@H]4[C@]5(C)CC[C@]6(C)CC[C@@](C)(C(=O)O)CC6[C@]5(CCCCCC5CCCCC5)CC[C@@]4(C)[C@]2(CO)[C@@H](O)C[C@]1(O)O[C@@H]3Cc1ccccc1. The van der Waals surface area contributed by atoms with E-state index in [1.165, 1.54) is 63.4 Å². The fourth-order valence-electron chi connectivity index (χ4n) is 17.4. The molecule has 0 radical (unpaired) electrons. The number of hydrogen-bond acceptors (Lipinski definition) is 5. The first-order valence-corrected chi connectivity index (χ1v) is 23.6. The monoisotopic (exact) mass is 775 g/mol. The molecule has 1 saturated heterocycles. The topological polar surface area (TPSA) is 107 Å². The van der Waals surface area contributed by atoms with E-state index >= 15 is 0 Å². The molecule has 0 amide bonds. The van der Waals surface area contributed by atoms with Crippen molar-refractivity contribution < 1.29 is 30.0 Å². The van der Waals surface area contributed by atoms with Gasteiger partial charge in [-0.2, -0.15) is 0 Å². The molecule has 1 aromatic carbocycles. The van der Waals surface area contributed by atoms with Gasteiger partial charge in [-0.25, -0.2) is 0 Å². The van der Waals surface area contributed by atoms with Gasteiger partial charge in [0.25, 0.3) is 0 Å². The molecule has 7 aliphatic rings. The molecule has 0 aromatic heterocycles. The van der Waals surface area contributed by atoms with Gasteiger partial charge in [-0.15, -0.1) is 0 Å². The molecule has 13 atom stereocenters. The summed E-state index contributed by atoms with van der Waals surface area (Å²) in [7, 11) is 0. The summed E-state index contributed by atoms with van der Waals surface area (Å²) in [6.07, 6.45) is 23.2. The minimum atomic E-state index is -1.41. The molecule has 2 bridgehead atoms. The van der Waals surface area contributed by atoms with Gasteiger partial charge >= 0.3 is 5.97 Å². The van der Waals surface area contributed by atoms with Crippen LogP contribution >= 0.6 is 0 Å². The average Bonchev–Trinajstić information content (AvgIpc) is 3.34. The summed E-state index contributed by atoms with van der Waals surface area (Å²) in [5, 5.41) is 48.3. The van der Waals surface area contributed by atoms with Gasteiger partial charge in [0.05, 0.1) is 24.2 Å². The summed E-state index contributed by atoms with van der Waals surface area (Å²) in [5.74, 6) is -0.683. The Bertz CT molecular complexity index is 1580. The van der Waals surface area contributed by atoms with Gasteiger partial charge in [0.1, 0.15) is 0 Å². The Balaban J connectivity index is 1.20. The molecule has 7 fully saturated rings. The zero-order chi connectivity index (χ0) is 39.8. The average molecular weight is 775 g/mol. The van der Waals surface area contributed by atoms with Gasteiger partial charge in [-0.1, -0.05) is 122 Å². The summed E-state index contributed by atoms with van der Waals surface area (Å²) < 4.78 is 6.95. The molecule has 1 unspecified atom stereocenters. The highest BCUT2D eigenvalue weighted by Gasteiger charge is 2.84. The minimum absolute atomic E-state index is 0.00604. The number of aliphatic hydroxyl groups is 3. The fraction of sp³-hybridized carbons (Fsp3) is 0.860. The Hall–Kier alpha value is -1.47. The summed E-state index contributed by atoms with van der Waals surface area (Å²) in [6.45, 7) is 11.7. The van der Waals surface area contributed by atoms with Crippen LogP contribution in [0.1, 0.15) is 181 Å². The van der Waals surface area contributed by atoms with Crippen LogP contribution < -0.4 is 0 Å². The molecule has 6 saturated carbocycles. The van der Waals surface area contributed by atoms with E-state index in [1.54, 1.807) is 0 Å². The Morgan fingerprint density at radius 1 is 0.804 bits per heavy atom. The van der Waals surface area contributed by atoms with Crippen LogP contribution in [0.3, 0.4) is 0 Å². The van der Waals surface area contributed by atoms with E-state index < -0.39 is 34.1 Å². The van der Waals surface area contributed by atoms with Crippen molar-refractivity contribution in [3.05, 3.63) is 35.9 Å². The molecule has 1 heterocycles. The predicted molar refractivity (Wildman–Crippen MR) is 222 cm³/mol. The van der Waals surface area contributed by atoms with E-state index in [-0.39, 0.29) is 52.6 Å². The van der Waals surface area contributed by atoms with Crippen LogP contribution in [0.5, 0.6) is 0 Å². The Labute approximate surface area is 339 Å². The van der Waals surface area contributed by atoms with Gasteiger partial charge in [-0.05, 0) is 129 Å². The summed E-state index contributed by atoms with van der Waals surface area (Å²) in [6, 6.07) is 10.5. The maximum atomic E-state index is 13.1. The molecular weight excluding hydrogens is 697 g/mol. The maximum absolute atomic E-state index is 13.1. The molecule has 6 heteroatoms. The van der Waals surface area contributed by atoms with E-state index in [1.807, 2.05) is 13.0 Å². The van der Waals surface area contributed by atoms with Crippen LogP contribution in [-0.2, 0) is 16.0 Å². The van der Waals surface area contributed by atoms with Crippen LogP contribution in [0.15, 0.2) is 30.3 Å². The highest BCUT2D eigenvalue weighted by Crippen LogP contribution is 2.84. The van der Waals surface area contributed by atoms with Crippen molar-refractivity contribution in [2.75, 3.05) is 6.61 Å². The van der Waals surface area contributed by atoms with Crippen molar-refractivity contribution in [1.82, 2.24) is 0 Å². The molecule has 6 nitrogen and oxygen atoms in total. The van der Waals surface area contributed by atoms with Crippen molar-refractivity contribution in [3.8, 4) is 0 Å². The van der Waals surface area contributed by atoms with E-state index in [2.05, 4.69) is 52.0 Å². The number of fused-ring (bicyclic) bond motifs is 7. The molecule has 4 N–H and O–H groups in total. The minimum Gasteiger partial charge on any atom is -0.481 e. The van der Waals surface area contributed by atoms with Gasteiger partial charge in [0.15, 0.2) is 5.79 Å². The van der Waals surface area contributed by atoms with Gasteiger partial charge in [0, 0.05) is 23.2 Å². The van der Waals surface area contributed by atoms with E-state index in [9.17, 15) is 25.2 Å². The third kappa shape index (κ3) is 5.69. The molecule has 1 aromatic rings. The van der Waals surface area contributed by atoms with Gasteiger partial charge in [0.2, 0.25) is 0 Å². The summed E-state index contributed by atoms with van der Waals surface area (Å²) in [4.78, 5) is 13.1. The standard InChI is InChI=1S/C50H78O6/c1-6-16-38-48-24-22-37-45(4)28-27-43(2)25-26-44(3,42(53)54)32-39(43)47(45,23-15-9-14-19-35-17-10-7-11-18-35)30-29-46(37,5)49(48,34-51)40(52)33-50(38,55)56-41(48)31-36-20-12-8-13-21-36/h8,12-13,20-21,35,37-41,51-52,55H,6-7,9-11,14-19,22-34H2,1-5H3,(H,53,54)/t37-,38-,39?,40-,41+,43-,44+,45-,46+,47-,48+,49-,50-/m0/s1. The fourth-order valence-corrected chi connectivity index (χ4v) is 17.4. The second-order valence-corrected chi connectivity index (χ2v) is 22.3. The second-order valence-electron chi connectivity index (χ2n) is 22.3. The number of aliphatic hydroxyl groups excluding tert-OH is 2. The number of unbranched alkanes of at least 4 members (excludes halogenated alkanes) is 2. The van der Waals surface area contributed by atoms with Crippen molar-refractivity contribution in [1.29, 1.82) is 0 Å². The Morgan fingerprint density at radius 2 is 1.52 bits per heavy atom. The number of aliphatic carboxylic acids is 1. The number of benzene rings is 1. The quantitative estimate of drug-likeness (QED) is 0.158. The first-order chi connectivity index (χ1) is 26.6. The smallest absolute Gasteiger partial charge is 0.309 e. The maximum Gasteiger partial charge on any atom is 0.309 e. The molecule has 6 aliphatic carbocycles. The molecule has 56 heavy (non-hydrogen) atoms. The normalized spacial score (nSPS) is 48.7. The van der Waals surface area contributed by atoms with Crippen molar-refractivity contribution in [3.63, 3.8) is 0 Å². The Morgan fingerprint density at radius 3 is 2.21 bits per heavy atom. The highest BCUT2D eigenvalue weighted by molar-refractivity contribution is 5.74.